The summed E-state index contributed by atoms with van der Waals surface area (Å²) in [5.74, 6) is -0.719. The molecule has 2 fully saturated rings. The van der Waals surface area contributed by atoms with Gasteiger partial charge >= 0.3 is 5.97 Å². The fraction of sp³-hybridized carbons (Fsp3) is 0.500. The zero-order chi connectivity index (χ0) is 16.7. The molecule has 1 aliphatic carbocycles. The zero-order valence-electron chi connectivity index (χ0n) is 13.7. The predicted octanol–water partition coefficient (Wildman–Crippen LogP) is 2.13. The number of hydrogen-bond acceptors (Lipinski definition) is 4. The first-order valence-corrected chi connectivity index (χ1v) is 8.50. The minimum absolute atomic E-state index is 0.101. The fourth-order valence-corrected chi connectivity index (χ4v) is 3.99. The number of carbonyl (C=O) groups is 2. The Labute approximate surface area is 140 Å². The normalized spacial score (nSPS) is 22.2. The van der Waals surface area contributed by atoms with Crippen LogP contribution in [0, 0.1) is 12.8 Å². The number of esters is 1. The van der Waals surface area contributed by atoms with E-state index in [1.165, 1.54) is 0 Å². The largest absolute Gasteiger partial charge is 0.458 e. The van der Waals surface area contributed by atoms with E-state index in [4.69, 9.17) is 4.74 Å². The topological polar surface area (TPSA) is 72.7 Å². The number of hydrogen-bond donors (Lipinski definition) is 1. The van der Waals surface area contributed by atoms with E-state index in [2.05, 4.69) is 10.3 Å². The van der Waals surface area contributed by atoms with E-state index in [0.29, 0.717) is 6.54 Å². The zero-order valence-corrected chi connectivity index (χ0v) is 13.7. The molecule has 1 aliphatic heterocycles. The standard InChI is InChI=1S/C18H21N3O3/c1-12-4-5-15-20-13(11-21(15)10-12)9-19-17(23)14-8-16(22)24-18(14)6-2-3-7-18/h4-5,10-11,14H,2-3,6-9H2,1H3,(H,19,23)/t14-/m0/s1. The lowest BCUT2D eigenvalue weighted by molar-refractivity contribution is -0.149. The molecule has 1 saturated heterocycles. The number of fused-ring (bicyclic) bond motifs is 1. The molecule has 1 atom stereocenters. The first-order valence-electron chi connectivity index (χ1n) is 8.50. The number of amides is 1. The molecule has 1 N–H and O–H groups in total. The number of imidazole rings is 1. The average molecular weight is 327 g/mol. The van der Waals surface area contributed by atoms with Gasteiger partial charge in [-0.3, -0.25) is 9.59 Å². The molecule has 4 rings (SSSR count). The molecular weight excluding hydrogens is 306 g/mol. The highest BCUT2D eigenvalue weighted by Crippen LogP contribution is 2.45. The van der Waals surface area contributed by atoms with Crippen LogP contribution in [0.25, 0.3) is 5.65 Å². The van der Waals surface area contributed by atoms with Crippen molar-refractivity contribution in [3.63, 3.8) is 0 Å². The Morgan fingerprint density at radius 2 is 2.17 bits per heavy atom. The van der Waals surface area contributed by atoms with Gasteiger partial charge in [0, 0.05) is 12.4 Å². The summed E-state index contributed by atoms with van der Waals surface area (Å²) in [6, 6.07) is 3.97. The van der Waals surface area contributed by atoms with Crippen LogP contribution in [0.4, 0.5) is 0 Å². The molecule has 1 amide bonds. The summed E-state index contributed by atoms with van der Waals surface area (Å²) < 4.78 is 7.49. The Bertz CT molecular complexity index is 805. The summed E-state index contributed by atoms with van der Waals surface area (Å²) in [5.41, 5.74) is 2.26. The van der Waals surface area contributed by atoms with Crippen molar-refractivity contribution in [3.8, 4) is 0 Å². The maximum atomic E-state index is 12.6. The van der Waals surface area contributed by atoms with Gasteiger partial charge in [0.05, 0.1) is 24.6 Å². The van der Waals surface area contributed by atoms with Gasteiger partial charge in [-0.25, -0.2) is 4.98 Å². The number of aryl methyl sites for hydroxylation is 1. The number of aromatic nitrogens is 2. The number of nitrogens with zero attached hydrogens (tertiary/aromatic N) is 2. The number of carbonyl (C=O) groups excluding carboxylic acids is 2. The van der Waals surface area contributed by atoms with Gasteiger partial charge in [-0.1, -0.05) is 6.07 Å². The van der Waals surface area contributed by atoms with Crippen molar-refractivity contribution >= 4 is 17.5 Å². The van der Waals surface area contributed by atoms with Crippen molar-refractivity contribution in [2.75, 3.05) is 0 Å². The van der Waals surface area contributed by atoms with Crippen LogP contribution in [0.2, 0.25) is 0 Å². The third-order valence-electron chi connectivity index (χ3n) is 5.18. The summed E-state index contributed by atoms with van der Waals surface area (Å²) in [6.45, 7) is 2.39. The van der Waals surface area contributed by atoms with Crippen molar-refractivity contribution < 1.29 is 14.3 Å². The summed E-state index contributed by atoms with van der Waals surface area (Å²) in [7, 11) is 0. The molecule has 2 aliphatic rings. The summed E-state index contributed by atoms with van der Waals surface area (Å²) in [6.07, 6.45) is 7.74. The van der Waals surface area contributed by atoms with Crippen molar-refractivity contribution in [2.45, 2.75) is 51.2 Å². The molecule has 0 aromatic carbocycles. The van der Waals surface area contributed by atoms with Crippen LogP contribution in [0.5, 0.6) is 0 Å². The molecule has 24 heavy (non-hydrogen) atoms. The van der Waals surface area contributed by atoms with Gasteiger partial charge in [0.25, 0.3) is 0 Å². The molecule has 1 spiro atoms. The molecular formula is C18H21N3O3. The molecule has 3 heterocycles. The minimum atomic E-state index is -0.558. The third kappa shape index (κ3) is 2.56. The van der Waals surface area contributed by atoms with Crippen molar-refractivity contribution in [1.82, 2.24) is 14.7 Å². The quantitative estimate of drug-likeness (QED) is 0.877. The molecule has 0 unspecified atom stereocenters. The Hall–Kier alpha value is -2.37. The van der Waals surface area contributed by atoms with E-state index in [1.807, 2.05) is 35.9 Å². The van der Waals surface area contributed by atoms with Crippen molar-refractivity contribution in [3.05, 3.63) is 35.8 Å². The van der Waals surface area contributed by atoms with Crippen LogP contribution in [0.3, 0.4) is 0 Å². The van der Waals surface area contributed by atoms with E-state index < -0.39 is 5.60 Å². The lowest BCUT2D eigenvalue weighted by Gasteiger charge is -2.27. The van der Waals surface area contributed by atoms with E-state index in [-0.39, 0.29) is 24.2 Å². The number of rotatable bonds is 3. The van der Waals surface area contributed by atoms with Crippen LogP contribution < -0.4 is 5.32 Å². The Kier molecular flexibility index (Phi) is 3.55. The summed E-state index contributed by atoms with van der Waals surface area (Å²) in [5, 5.41) is 2.94. The van der Waals surface area contributed by atoms with Crippen LogP contribution >= 0.6 is 0 Å². The molecule has 2 aromatic rings. The highest BCUT2D eigenvalue weighted by atomic mass is 16.6. The third-order valence-corrected chi connectivity index (χ3v) is 5.18. The second kappa shape index (κ2) is 5.61. The second-order valence-electron chi connectivity index (χ2n) is 6.92. The molecule has 0 bridgehead atoms. The first kappa shape index (κ1) is 15.2. The number of pyridine rings is 1. The van der Waals surface area contributed by atoms with E-state index in [0.717, 1.165) is 42.6 Å². The van der Waals surface area contributed by atoms with Crippen molar-refractivity contribution in [1.29, 1.82) is 0 Å². The number of ether oxygens (including phenoxy) is 1. The lowest BCUT2D eigenvalue weighted by Crippen LogP contribution is -2.42. The maximum absolute atomic E-state index is 12.6. The SMILES string of the molecule is Cc1ccc2nc(CNC(=O)[C@@H]3CC(=O)OC34CCCC4)cn2c1. The van der Waals surface area contributed by atoms with Gasteiger partial charge in [0.15, 0.2) is 0 Å². The second-order valence-corrected chi connectivity index (χ2v) is 6.92. The molecule has 6 nitrogen and oxygen atoms in total. The fourth-order valence-electron chi connectivity index (χ4n) is 3.99. The Balaban J connectivity index is 1.46. The number of nitrogens with one attached hydrogen (secondary N) is 1. The summed E-state index contributed by atoms with van der Waals surface area (Å²) >= 11 is 0. The average Bonchev–Trinajstić information content (AvgIpc) is 3.24. The molecule has 0 radical (unpaired) electrons. The minimum Gasteiger partial charge on any atom is -0.458 e. The Morgan fingerprint density at radius 3 is 2.96 bits per heavy atom. The van der Waals surface area contributed by atoms with Crippen LogP contribution in [-0.2, 0) is 20.9 Å². The molecule has 2 aromatic heterocycles. The Morgan fingerprint density at radius 1 is 1.38 bits per heavy atom. The first-order chi connectivity index (χ1) is 11.6. The monoisotopic (exact) mass is 327 g/mol. The van der Waals surface area contributed by atoms with Crippen LogP contribution in [0.1, 0.15) is 43.4 Å². The molecule has 126 valence electrons. The smallest absolute Gasteiger partial charge is 0.307 e. The van der Waals surface area contributed by atoms with Gasteiger partial charge in [0.1, 0.15) is 11.2 Å². The van der Waals surface area contributed by atoms with Gasteiger partial charge in [-0.05, 0) is 44.2 Å². The summed E-state index contributed by atoms with van der Waals surface area (Å²) in [4.78, 5) is 28.8. The highest BCUT2D eigenvalue weighted by molar-refractivity contribution is 5.87. The van der Waals surface area contributed by atoms with E-state index in [1.54, 1.807) is 0 Å². The van der Waals surface area contributed by atoms with Gasteiger partial charge in [0.2, 0.25) is 5.91 Å². The van der Waals surface area contributed by atoms with Crippen LogP contribution in [-0.4, -0.2) is 26.9 Å². The lowest BCUT2D eigenvalue weighted by atomic mass is 9.85. The van der Waals surface area contributed by atoms with Crippen molar-refractivity contribution in [2.24, 2.45) is 5.92 Å². The predicted molar refractivity (Wildman–Crippen MR) is 87.2 cm³/mol. The van der Waals surface area contributed by atoms with E-state index in [9.17, 15) is 9.59 Å². The maximum Gasteiger partial charge on any atom is 0.307 e. The molecule has 1 saturated carbocycles. The van der Waals surface area contributed by atoms with E-state index >= 15 is 0 Å². The van der Waals surface area contributed by atoms with Gasteiger partial charge in [-0.2, -0.15) is 0 Å². The van der Waals surface area contributed by atoms with Crippen LogP contribution in [0.15, 0.2) is 24.5 Å². The van der Waals surface area contributed by atoms with Gasteiger partial charge in [-0.15, -0.1) is 0 Å². The van der Waals surface area contributed by atoms with Gasteiger partial charge < -0.3 is 14.5 Å². The molecule has 6 heteroatoms. The highest BCUT2D eigenvalue weighted by Gasteiger charge is 2.53.